The predicted octanol–water partition coefficient (Wildman–Crippen LogP) is 2.70. The van der Waals surface area contributed by atoms with Gasteiger partial charge in [0.2, 0.25) is 5.69 Å². The Bertz CT molecular complexity index is 288. The summed E-state index contributed by atoms with van der Waals surface area (Å²) in [5.41, 5.74) is 1.58. The van der Waals surface area contributed by atoms with E-state index >= 15 is 0 Å². The van der Waals surface area contributed by atoms with Crippen LogP contribution in [-0.2, 0) is 0 Å². The van der Waals surface area contributed by atoms with Crippen molar-refractivity contribution in [3.8, 4) is 0 Å². The minimum atomic E-state index is 0.569. The van der Waals surface area contributed by atoms with E-state index in [1.54, 1.807) is 12.3 Å². The van der Waals surface area contributed by atoms with E-state index in [0.29, 0.717) is 10.3 Å². The van der Waals surface area contributed by atoms with Crippen LogP contribution >= 0.6 is 15.9 Å². The van der Waals surface area contributed by atoms with Gasteiger partial charge in [-0.2, -0.15) is 0 Å². The molecule has 0 saturated heterocycles. The zero-order valence-electron chi connectivity index (χ0n) is 5.43. The molecule has 0 saturated carbocycles. The van der Waals surface area contributed by atoms with E-state index in [1.165, 1.54) is 0 Å². The number of halogens is 1. The Balaban J connectivity index is 3.25. The molecule has 1 aromatic rings. The van der Waals surface area contributed by atoms with Crippen LogP contribution < -0.4 is 0 Å². The lowest BCUT2D eigenvalue weighted by Gasteiger charge is -1.93. The zero-order chi connectivity index (χ0) is 7.56. The first-order valence-electron chi connectivity index (χ1n) is 2.73. The molecule has 0 radical (unpaired) electrons. The highest BCUT2D eigenvalue weighted by atomic mass is 79.9. The van der Waals surface area contributed by atoms with Gasteiger partial charge in [0.25, 0.3) is 0 Å². The molecule has 3 heteroatoms. The Morgan fingerprint density at radius 2 is 2.40 bits per heavy atom. The Morgan fingerprint density at radius 3 is 2.90 bits per heavy atom. The topological polar surface area (TPSA) is 17.2 Å². The van der Waals surface area contributed by atoms with Gasteiger partial charge in [-0.1, -0.05) is 0 Å². The molecule has 0 aliphatic rings. The van der Waals surface area contributed by atoms with Crippen LogP contribution in [0, 0.1) is 13.5 Å². The minimum absolute atomic E-state index is 0.569. The van der Waals surface area contributed by atoms with Crippen LogP contribution in [0.1, 0.15) is 5.56 Å². The standard InChI is InChI=1S/C7H5BrN2/c1-5-3-6(9-2)7(8)10-4-5/h3-4H,1H3. The Hall–Kier alpha value is -0.880. The third kappa shape index (κ3) is 1.34. The summed E-state index contributed by atoms with van der Waals surface area (Å²) >= 11 is 3.17. The highest BCUT2D eigenvalue weighted by Crippen LogP contribution is 2.22. The van der Waals surface area contributed by atoms with E-state index in [-0.39, 0.29) is 0 Å². The van der Waals surface area contributed by atoms with Gasteiger partial charge in [-0.05, 0) is 34.5 Å². The fraction of sp³-hybridized carbons (Fsp3) is 0.143. The maximum atomic E-state index is 6.74. The third-order valence-electron chi connectivity index (χ3n) is 1.08. The van der Waals surface area contributed by atoms with Crippen molar-refractivity contribution in [1.82, 2.24) is 4.98 Å². The van der Waals surface area contributed by atoms with Crippen LogP contribution in [0.3, 0.4) is 0 Å². The van der Waals surface area contributed by atoms with Crippen molar-refractivity contribution >= 4 is 21.6 Å². The van der Waals surface area contributed by atoms with Gasteiger partial charge in [0.1, 0.15) is 4.60 Å². The highest BCUT2D eigenvalue weighted by Gasteiger charge is 1.98. The number of nitrogens with zero attached hydrogens (tertiary/aromatic N) is 2. The van der Waals surface area contributed by atoms with Crippen LogP contribution in [0.5, 0.6) is 0 Å². The van der Waals surface area contributed by atoms with E-state index < -0.39 is 0 Å². The number of hydrogen-bond donors (Lipinski definition) is 0. The minimum Gasteiger partial charge on any atom is -0.261 e. The van der Waals surface area contributed by atoms with Crippen LogP contribution in [0.15, 0.2) is 16.9 Å². The maximum Gasteiger partial charge on any atom is 0.219 e. The molecule has 0 bridgehead atoms. The van der Waals surface area contributed by atoms with Crippen molar-refractivity contribution in [3.63, 3.8) is 0 Å². The third-order valence-corrected chi connectivity index (χ3v) is 1.69. The lowest BCUT2D eigenvalue weighted by molar-refractivity contribution is 1.24. The van der Waals surface area contributed by atoms with E-state index in [0.717, 1.165) is 5.56 Å². The second-order valence-corrected chi connectivity index (χ2v) is 2.69. The number of rotatable bonds is 0. The van der Waals surface area contributed by atoms with Crippen LogP contribution in [0.4, 0.5) is 5.69 Å². The predicted molar refractivity (Wildman–Crippen MR) is 42.9 cm³/mol. The average molecular weight is 197 g/mol. The van der Waals surface area contributed by atoms with Gasteiger partial charge in [-0.25, -0.2) is 4.85 Å². The van der Waals surface area contributed by atoms with E-state index in [4.69, 9.17) is 6.57 Å². The second-order valence-electron chi connectivity index (χ2n) is 1.93. The molecule has 0 spiro atoms. The van der Waals surface area contributed by atoms with E-state index in [9.17, 15) is 0 Å². The summed E-state index contributed by atoms with van der Waals surface area (Å²) in [5.74, 6) is 0. The number of hydrogen-bond acceptors (Lipinski definition) is 1. The summed E-state index contributed by atoms with van der Waals surface area (Å²) in [5, 5.41) is 0. The molecule has 2 nitrogen and oxygen atoms in total. The average Bonchev–Trinajstić information content (AvgIpc) is 1.94. The van der Waals surface area contributed by atoms with E-state index in [2.05, 4.69) is 25.8 Å². The Morgan fingerprint density at radius 1 is 1.70 bits per heavy atom. The molecule has 0 fully saturated rings. The van der Waals surface area contributed by atoms with Crippen molar-refractivity contribution in [2.24, 2.45) is 0 Å². The first-order valence-corrected chi connectivity index (χ1v) is 3.53. The molecule has 1 heterocycles. The van der Waals surface area contributed by atoms with Crippen molar-refractivity contribution in [2.75, 3.05) is 0 Å². The smallest absolute Gasteiger partial charge is 0.219 e. The van der Waals surface area contributed by atoms with Gasteiger partial charge in [0.15, 0.2) is 0 Å². The van der Waals surface area contributed by atoms with Crippen molar-refractivity contribution in [3.05, 3.63) is 33.8 Å². The number of pyridine rings is 1. The maximum absolute atomic E-state index is 6.74. The Labute approximate surface area is 67.9 Å². The first-order chi connectivity index (χ1) is 4.74. The molecule has 0 amide bonds. The van der Waals surface area contributed by atoms with Crippen molar-refractivity contribution < 1.29 is 0 Å². The summed E-state index contributed by atoms with van der Waals surface area (Å²) < 4.78 is 0.619. The summed E-state index contributed by atoms with van der Waals surface area (Å²) in [6.45, 7) is 8.65. The van der Waals surface area contributed by atoms with Gasteiger partial charge in [0.05, 0.1) is 6.57 Å². The van der Waals surface area contributed by atoms with Crippen LogP contribution in [0.25, 0.3) is 4.85 Å². The largest absolute Gasteiger partial charge is 0.261 e. The lowest BCUT2D eigenvalue weighted by Crippen LogP contribution is -1.76. The van der Waals surface area contributed by atoms with Gasteiger partial charge < -0.3 is 0 Å². The summed E-state index contributed by atoms with van der Waals surface area (Å²) in [4.78, 5) is 7.22. The lowest BCUT2D eigenvalue weighted by atomic mass is 10.3. The summed E-state index contributed by atoms with van der Waals surface area (Å²) in [7, 11) is 0. The van der Waals surface area contributed by atoms with Crippen LogP contribution in [-0.4, -0.2) is 4.98 Å². The first kappa shape index (κ1) is 7.23. The zero-order valence-corrected chi connectivity index (χ0v) is 7.01. The molecule has 50 valence electrons. The monoisotopic (exact) mass is 196 g/mol. The fourth-order valence-corrected chi connectivity index (χ4v) is 0.921. The number of aromatic nitrogens is 1. The normalized spacial score (nSPS) is 8.90. The molecule has 1 aromatic heterocycles. The molecule has 10 heavy (non-hydrogen) atoms. The molecular weight excluding hydrogens is 192 g/mol. The molecule has 1 rings (SSSR count). The van der Waals surface area contributed by atoms with Gasteiger partial charge >= 0.3 is 0 Å². The molecule has 0 atom stereocenters. The quantitative estimate of drug-likeness (QED) is 0.461. The van der Waals surface area contributed by atoms with Crippen molar-refractivity contribution in [2.45, 2.75) is 6.92 Å². The molecule has 0 N–H and O–H groups in total. The summed E-state index contributed by atoms with van der Waals surface area (Å²) in [6.07, 6.45) is 1.72. The highest BCUT2D eigenvalue weighted by molar-refractivity contribution is 9.10. The van der Waals surface area contributed by atoms with Crippen LogP contribution in [0.2, 0.25) is 0 Å². The Kier molecular flexibility index (Phi) is 2.03. The second kappa shape index (κ2) is 2.80. The van der Waals surface area contributed by atoms with Gasteiger partial charge in [-0.3, -0.25) is 4.98 Å². The SMILES string of the molecule is [C-]#[N+]c1cc(C)cnc1Br. The van der Waals surface area contributed by atoms with Gasteiger partial charge in [-0.15, -0.1) is 0 Å². The molecular formula is C7H5BrN2. The van der Waals surface area contributed by atoms with Crippen molar-refractivity contribution in [1.29, 1.82) is 0 Å². The molecule has 0 aliphatic carbocycles. The van der Waals surface area contributed by atoms with Gasteiger partial charge in [0, 0.05) is 6.20 Å². The molecule has 0 aliphatic heterocycles. The van der Waals surface area contributed by atoms with E-state index in [1.807, 2.05) is 6.92 Å². The molecule has 0 unspecified atom stereocenters. The molecule has 0 aromatic carbocycles. The fourth-order valence-electron chi connectivity index (χ4n) is 0.616. The summed E-state index contributed by atoms with van der Waals surface area (Å²) in [6, 6.07) is 1.80. The number of aryl methyl sites for hydroxylation is 1.